The monoisotopic (exact) mass is 466 g/mol. The summed E-state index contributed by atoms with van der Waals surface area (Å²) in [6.45, 7) is 4.99. The number of carbonyl (C=O) groups is 3. The first-order valence-corrected chi connectivity index (χ1v) is 11.8. The number of rotatable bonds is 8. The van der Waals surface area contributed by atoms with Gasteiger partial charge in [-0.1, -0.05) is 17.7 Å². The van der Waals surface area contributed by atoms with Gasteiger partial charge >= 0.3 is 22.1 Å². The Morgan fingerprint density at radius 1 is 0.938 bits per heavy atom. The summed E-state index contributed by atoms with van der Waals surface area (Å²) in [6, 6.07) is 6.37. The Labute approximate surface area is 189 Å². The first-order chi connectivity index (χ1) is 15.0. The lowest BCUT2D eigenvalue weighted by Crippen LogP contribution is -2.23. The van der Waals surface area contributed by atoms with Crippen molar-refractivity contribution in [2.75, 3.05) is 14.2 Å². The summed E-state index contributed by atoms with van der Waals surface area (Å²) in [6.07, 6.45) is 3.51. The molecule has 0 aliphatic heterocycles. The van der Waals surface area contributed by atoms with E-state index in [-0.39, 0.29) is 33.8 Å². The zero-order valence-corrected chi connectivity index (χ0v) is 19.9. The van der Waals surface area contributed by atoms with Crippen molar-refractivity contribution in [3.63, 3.8) is 0 Å². The number of carbonyl (C=O) groups excluding carboxylic acids is 3. The second-order valence-corrected chi connectivity index (χ2v) is 9.57. The number of allylic oxidation sites excluding steroid dienone is 1. The van der Waals surface area contributed by atoms with Crippen LogP contribution in [-0.2, 0) is 38.2 Å². The van der Waals surface area contributed by atoms with Crippen molar-refractivity contribution >= 4 is 27.8 Å². The average Bonchev–Trinajstić information content (AvgIpc) is 3.68. The number of esters is 2. The highest BCUT2D eigenvalue weighted by atomic mass is 32.2. The standard InChI is InChI=1S/C15H18O5S.C8H12O3/c1-10-4-8-13(9-5-10)21(17,18)20-14(12-6-7-12)11(2)15(16)19-3;1-5(8(10)11-2)7(9)6-3-4-6/h4-5,8-9,12H,6-7H2,1-3H3;5-6H,3-4H2,1-2H3/b14-11-;. The molecule has 0 saturated heterocycles. The molecule has 1 aromatic carbocycles. The van der Waals surface area contributed by atoms with Crippen LogP contribution in [0.5, 0.6) is 0 Å². The first kappa shape index (κ1) is 25.6. The van der Waals surface area contributed by atoms with Gasteiger partial charge < -0.3 is 13.7 Å². The predicted octanol–water partition coefficient (Wildman–Crippen LogP) is 3.33. The molecule has 3 rings (SSSR count). The lowest BCUT2D eigenvalue weighted by Gasteiger charge is -2.12. The minimum atomic E-state index is -3.93. The molecule has 1 unspecified atom stereocenters. The molecule has 0 radical (unpaired) electrons. The Hall–Kier alpha value is -2.68. The van der Waals surface area contributed by atoms with Gasteiger partial charge in [0.25, 0.3) is 0 Å². The third-order valence-corrected chi connectivity index (χ3v) is 6.53. The maximum Gasteiger partial charge on any atom is 0.338 e. The molecule has 8 nitrogen and oxygen atoms in total. The largest absolute Gasteiger partial charge is 0.468 e. The van der Waals surface area contributed by atoms with Crippen molar-refractivity contribution in [1.29, 1.82) is 0 Å². The van der Waals surface area contributed by atoms with E-state index in [1.54, 1.807) is 19.1 Å². The molecule has 0 spiro atoms. The van der Waals surface area contributed by atoms with E-state index >= 15 is 0 Å². The zero-order chi connectivity index (χ0) is 24.1. The predicted molar refractivity (Wildman–Crippen MR) is 116 cm³/mol. The molecule has 1 atom stereocenters. The molecule has 176 valence electrons. The van der Waals surface area contributed by atoms with E-state index in [0.29, 0.717) is 0 Å². The van der Waals surface area contributed by atoms with Crippen LogP contribution in [0.4, 0.5) is 0 Å². The van der Waals surface area contributed by atoms with Gasteiger partial charge in [0.2, 0.25) is 0 Å². The maximum atomic E-state index is 12.3. The number of ether oxygens (including phenoxy) is 2. The molecular weight excluding hydrogens is 436 g/mol. The minimum absolute atomic E-state index is 0.0238. The molecule has 0 heterocycles. The summed E-state index contributed by atoms with van der Waals surface area (Å²) >= 11 is 0. The molecule has 0 aromatic heterocycles. The fourth-order valence-corrected chi connectivity index (χ4v) is 3.98. The average molecular weight is 467 g/mol. The fourth-order valence-electron chi connectivity index (χ4n) is 2.92. The SMILES string of the molecule is COC(=O)/C(C)=C(\OS(=O)(=O)c1ccc(C)cc1)C1CC1.COC(=O)C(C)C(=O)C1CC1. The Balaban J connectivity index is 0.000000278. The molecule has 2 aliphatic rings. The van der Waals surface area contributed by atoms with Gasteiger partial charge in [0.05, 0.1) is 19.8 Å². The van der Waals surface area contributed by atoms with Gasteiger partial charge in [0.15, 0.2) is 0 Å². The molecule has 0 bridgehead atoms. The first-order valence-electron chi connectivity index (χ1n) is 10.4. The van der Waals surface area contributed by atoms with Gasteiger partial charge in [-0.05, 0) is 58.6 Å². The third kappa shape index (κ3) is 6.91. The van der Waals surface area contributed by atoms with Crippen molar-refractivity contribution in [3.8, 4) is 0 Å². The van der Waals surface area contributed by atoms with E-state index in [1.807, 2.05) is 6.92 Å². The summed E-state index contributed by atoms with van der Waals surface area (Å²) in [5.41, 5.74) is 1.16. The van der Waals surface area contributed by atoms with Gasteiger partial charge in [-0.15, -0.1) is 0 Å². The number of ketones is 1. The number of Topliss-reactive ketones (excluding diaryl/α,β-unsaturated/α-hetero) is 1. The van der Waals surface area contributed by atoms with Crippen LogP contribution in [0.2, 0.25) is 0 Å². The maximum absolute atomic E-state index is 12.3. The molecule has 2 saturated carbocycles. The van der Waals surface area contributed by atoms with Crippen molar-refractivity contribution in [1.82, 2.24) is 0 Å². The van der Waals surface area contributed by atoms with Crippen LogP contribution >= 0.6 is 0 Å². The number of benzene rings is 1. The number of hydrogen-bond donors (Lipinski definition) is 0. The van der Waals surface area contributed by atoms with Crippen LogP contribution < -0.4 is 0 Å². The van der Waals surface area contributed by atoms with Crippen LogP contribution in [0.3, 0.4) is 0 Å². The molecule has 2 fully saturated rings. The van der Waals surface area contributed by atoms with Crippen molar-refractivity contribution in [2.45, 2.75) is 51.3 Å². The van der Waals surface area contributed by atoms with E-state index < -0.39 is 28.0 Å². The van der Waals surface area contributed by atoms with Crippen LogP contribution in [0.1, 0.15) is 45.1 Å². The van der Waals surface area contributed by atoms with Gasteiger partial charge in [-0.2, -0.15) is 8.42 Å². The topological polar surface area (TPSA) is 113 Å². The van der Waals surface area contributed by atoms with E-state index in [4.69, 9.17) is 4.18 Å². The summed E-state index contributed by atoms with van der Waals surface area (Å²) in [5, 5.41) is 0. The van der Waals surface area contributed by atoms with Gasteiger partial charge in [0, 0.05) is 11.8 Å². The van der Waals surface area contributed by atoms with E-state index in [0.717, 1.165) is 31.2 Å². The summed E-state index contributed by atoms with van der Waals surface area (Å²) < 4.78 is 38.9. The van der Waals surface area contributed by atoms with Crippen LogP contribution in [0.25, 0.3) is 0 Å². The lowest BCUT2D eigenvalue weighted by atomic mass is 10.0. The van der Waals surface area contributed by atoms with Crippen LogP contribution in [0, 0.1) is 24.7 Å². The highest BCUT2D eigenvalue weighted by Crippen LogP contribution is 2.40. The molecule has 0 N–H and O–H groups in total. The third-order valence-electron chi connectivity index (χ3n) is 5.28. The Morgan fingerprint density at radius 3 is 1.91 bits per heavy atom. The molecule has 9 heteroatoms. The van der Waals surface area contributed by atoms with Crippen molar-refractivity contribution in [2.24, 2.45) is 17.8 Å². The second kappa shape index (κ2) is 10.8. The van der Waals surface area contributed by atoms with E-state index in [2.05, 4.69) is 9.47 Å². The Kier molecular flexibility index (Phi) is 8.60. The Bertz CT molecular complexity index is 983. The highest BCUT2D eigenvalue weighted by molar-refractivity contribution is 7.86. The van der Waals surface area contributed by atoms with Gasteiger partial charge in [-0.3, -0.25) is 9.59 Å². The Morgan fingerprint density at radius 2 is 1.47 bits per heavy atom. The summed E-state index contributed by atoms with van der Waals surface area (Å²) in [7, 11) is -1.37. The zero-order valence-electron chi connectivity index (χ0n) is 19.0. The van der Waals surface area contributed by atoms with Crippen LogP contribution in [-0.4, -0.2) is 40.4 Å². The van der Waals surface area contributed by atoms with Gasteiger partial charge in [-0.25, -0.2) is 4.79 Å². The lowest BCUT2D eigenvalue weighted by molar-refractivity contribution is -0.149. The molecule has 32 heavy (non-hydrogen) atoms. The van der Waals surface area contributed by atoms with E-state index in [1.165, 1.54) is 33.3 Å². The summed E-state index contributed by atoms with van der Waals surface area (Å²) in [5.74, 6) is -1.20. The van der Waals surface area contributed by atoms with Crippen LogP contribution in [0.15, 0.2) is 40.5 Å². The highest BCUT2D eigenvalue weighted by Gasteiger charge is 2.36. The quantitative estimate of drug-likeness (QED) is 0.188. The molecule has 1 aromatic rings. The number of methoxy groups -OCH3 is 2. The fraction of sp³-hybridized carbons (Fsp3) is 0.522. The van der Waals surface area contributed by atoms with Crippen molar-refractivity contribution in [3.05, 3.63) is 41.2 Å². The number of aryl methyl sites for hydroxylation is 1. The molecular formula is C23H30O8S. The summed E-state index contributed by atoms with van der Waals surface area (Å²) in [4.78, 5) is 33.7. The second-order valence-electron chi connectivity index (χ2n) is 8.03. The number of hydrogen-bond acceptors (Lipinski definition) is 8. The minimum Gasteiger partial charge on any atom is -0.468 e. The van der Waals surface area contributed by atoms with Gasteiger partial charge in [0.1, 0.15) is 22.4 Å². The molecule has 0 amide bonds. The normalized spacial score (nSPS) is 17.2. The smallest absolute Gasteiger partial charge is 0.338 e. The molecule has 2 aliphatic carbocycles. The van der Waals surface area contributed by atoms with Crippen molar-refractivity contribution < 1.29 is 36.5 Å². The van der Waals surface area contributed by atoms with E-state index in [9.17, 15) is 22.8 Å².